The van der Waals surface area contributed by atoms with Crippen molar-refractivity contribution in [2.24, 2.45) is 0 Å². The molecule has 0 aliphatic heterocycles. The van der Waals surface area contributed by atoms with Crippen molar-refractivity contribution in [2.75, 3.05) is 0 Å². The van der Waals surface area contributed by atoms with Crippen LogP contribution in [0.4, 0.5) is 0 Å². The van der Waals surface area contributed by atoms with E-state index in [1.54, 1.807) is 0 Å². The number of halogens is 1. The van der Waals surface area contributed by atoms with Crippen molar-refractivity contribution in [1.29, 1.82) is 0 Å². The van der Waals surface area contributed by atoms with Gasteiger partial charge in [0.1, 0.15) is 0 Å². The first-order valence-corrected chi connectivity index (χ1v) is 10.5. The fraction of sp³-hybridized carbons (Fsp3) is 0.333. The van der Waals surface area contributed by atoms with Crippen LogP contribution in [-0.2, 0) is 17.8 Å². The van der Waals surface area contributed by atoms with Gasteiger partial charge in [-0.1, -0.05) is 53.6 Å². The molecule has 5 heteroatoms. The van der Waals surface area contributed by atoms with E-state index in [2.05, 4.69) is 35.5 Å². The number of nitrogens with one attached hydrogen (secondary N) is 1. The van der Waals surface area contributed by atoms with Crippen molar-refractivity contribution in [3.8, 4) is 0 Å². The Kier molecular flexibility index (Phi) is 5.72. The Labute approximate surface area is 176 Å². The summed E-state index contributed by atoms with van der Waals surface area (Å²) in [5.74, 6) is -0.114. The summed E-state index contributed by atoms with van der Waals surface area (Å²) in [5, 5.41) is 8.61. The summed E-state index contributed by atoms with van der Waals surface area (Å²) in [7, 11) is 0. The Hall–Kier alpha value is -2.59. The van der Waals surface area contributed by atoms with Crippen molar-refractivity contribution in [2.45, 2.75) is 51.6 Å². The predicted molar refractivity (Wildman–Crippen MR) is 116 cm³/mol. The second-order valence-corrected chi connectivity index (χ2v) is 8.36. The van der Waals surface area contributed by atoms with E-state index in [1.807, 2.05) is 48.1 Å². The lowest BCUT2D eigenvalue weighted by Crippen LogP contribution is -2.33. The van der Waals surface area contributed by atoms with Crippen molar-refractivity contribution >= 4 is 17.5 Å². The van der Waals surface area contributed by atoms with Crippen molar-refractivity contribution < 1.29 is 4.79 Å². The van der Waals surface area contributed by atoms with Gasteiger partial charge in [0.15, 0.2) is 0 Å². The molecule has 29 heavy (non-hydrogen) atoms. The number of nitrogens with zero attached hydrogens (tertiary/aromatic N) is 2. The average Bonchev–Trinajstić information content (AvgIpc) is 3.12. The molecule has 0 saturated heterocycles. The standard InChI is InChI=1S/C24H26ClN3O/c1-16-9-11-19(12-10-16)17(2)24(29)27-22-7-4-8-23-21(22)14-26-28(23)15-18-5-3-6-20(25)13-18/h3,5-6,9-14,17,22H,4,7-8,15H2,1-2H3,(H,27,29)/t17-,22-/m1/s1. The molecule has 1 amide bonds. The zero-order chi connectivity index (χ0) is 20.4. The number of carbonyl (C=O) groups excluding carboxylic acids is 1. The number of fused-ring (bicyclic) bond motifs is 1. The first-order valence-electron chi connectivity index (χ1n) is 10.2. The van der Waals surface area contributed by atoms with Gasteiger partial charge in [-0.25, -0.2) is 0 Å². The van der Waals surface area contributed by atoms with Crippen LogP contribution in [0.3, 0.4) is 0 Å². The molecule has 4 nitrogen and oxygen atoms in total. The quantitative estimate of drug-likeness (QED) is 0.632. The lowest BCUT2D eigenvalue weighted by atomic mass is 9.91. The number of benzene rings is 2. The normalized spacial score (nSPS) is 16.9. The maximum atomic E-state index is 12.9. The molecule has 0 saturated carbocycles. The Morgan fingerprint density at radius 1 is 1.28 bits per heavy atom. The van der Waals surface area contributed by atoms with Crippen LogP contribution in [0.2, 0.25) is 5.02 Å². The minimum atomic E-state index is -0.178. The number of amides is 1. The summed E-state index contributed by atoms with van der Waals surface area (Å²) in [6.45, 7) is 4.71. The van der Waals surface area contributed by atoms with Gasteiger partial charge >= 0.3 is 0 Å². The largest absolute Gasteiger partial charge is 0.349 e. The van der Waals surface area contributed by atoms with Crippen LogP contribution < -0.4 is 5.32 Å². The highest BCUT2D eigenvalue weighted by Crippen LogP contribution is 2.31. The highest BCUT2D eigenvalue weighted by atomic mass is 35.5. The summed E-state index contributed by atoms with van der Waals surface area (Å²) >= 11 is 6.12. The summed E-state index contributed by atoms with van der Waals surface area (Å²) in [5.41, 5.74) is 5.72. The lowest BCUT2D eigenvalue weighted by molar-refractivity contribution is -0.123. The molecule has 1 aromatic heterocycles. The van der Waals surface area contributed by atoms with Gasteiger partial charge in [-0.15, -0.1) is 0 Å². The third-order valence-electron chi connectivity index (χ3n) is 5.77. The van der Waals surface area contributed by atoms with E-state index >= 15 is 0 Å². The van der Waals surface area contributed by atoms with E-state index in [1.165, 1.54) is 11.3 Å². The molecular weight excluding hydrogens is 382 g/mol. The Bertz CT molecular complexity index is 1010. The highest BCUT2D eigenvalue weighted by Gasteiger charge is 2.27. The van der Waals surface area contributed by atoms with Crippen molar-refractivity contribution in [3.63, 3.8) is 0 Å². The van der Waals surface area contributed by atoms with Gasteiger partial charge in [0.2, 0.25) is 5.91 Å². The van der Waals surface area contributed by atoms with Gasteiger partial charge in [-0.2, -0.15) is 5.10 Å². The molecule has 1 aliphatic rings. The maximum Gasteiger partial charge on any atom is 0.227 e. The van der Waals surface area contributed by atoms with E-state index in [4.69, 9.17) is 11.6 Å². The van der Waals surface area contributed by atoms with Gasteiger partial charge in [-0.05, 0) is 56.4 Å². The molecule has 0 radical (unpaired) electrons. The van der Waals surface area contributed by atoms with Crippen LogP contribution in [-0.4, -0.2) is 15.7 Å². The number of carbonyl (C=O) groups is 1. The molecule has 3 aromatic rings. The smallest absolute Gasteiger partial charge is 0.227 e. The fourth-order valence-corrected chi connectivity index (χ4v) is 4.23. The van der Waals surface area contributed by atoms with Crippen LogP contribution in [0.5, 0.6) is 0 Å². The SMILES string of the molecule is Cc1ccc([C@@H](C)C(=O)N[C@@H]2CCCc3c2cnn3Cc2cccc(Cl)c2)cc1. The zero-order valence-corrected chi connectivity index (χ0v) is 17.6. The van der Waals surface area contributed by atoms with E-state index in [-0.39, 0.29) is 17.9 Å². The topological polar surface area (TPSA) is 46.9 Å². The second kappa shape index (κ2) is 8.42. The zero-order valence-electron chi connectivity index (χ0n) is 16.9. The van der Waals surface area contributed by atoms with E-state index in [0.717, 1.165) is 41.0 Å². The third-order valence-corrected chi connectivity index (χ3v) is 6.01. The summed E-state index contributed by atoms with van der Waals surface area (Å²) in [6.07, 6.45) is 4.89. The number of hydrogen-bond donors (Lipinski definition) is 1. The highest BCUT2D eigenvalue weighted by molar-refractivity contribution is 6.30. The van der Waals surface area contributed by atoms with E-state index in [9.17, 15) is 4.79 Å². The van der Waals surface area contributed by atoms with Gasteiger partial charge in [0.25, 0.3) is 0 Å². The van der Waals surface area contributed by atoms with Gasteiger partial charge in [0.05, 0.1) is 24.7 Å². The van der Waals surface area contributed by atoms with Gasteiger partial charge in [0, 0.05) is 16.3 Å². The molecule has 1 heterocycles. The average molecular weight is 408 g/mol. The first-order chi connectivity index (χ1) is 14.0. The molecular formula is C24H26ClN3O. The minimum absolute atomic E-state index is 0.0206. The molecule has 0 unspecified atom stereocenters. The third kappa shape index (κ3) is 4.38. The summed E-state index contributed by atoms with van der Waals surface area (Å²) in [6, 6.07) is 16.1. The molecule has 150 valence electrons. The fourth-order valence-electron chi connectivity index (χ4n) is 4.02. The number of aromatic nitrogens is 2. The van der Waals surface area contributed by atoms with Crippen LogP contribution in [0.25, 0.3) is 0 Å². The maximum absolute atomic E-state index is 12.9. The van der Waals surface area contributed by atoms with Crippen LogP contribution in [0.15, 0.2) is 54.7 Å². The van der Waals surface area contributed by atoms with Gasteiger partial charge in [-0.3, -0.25) is 9.48 Å². The number of rotatable bonds is 5. The van der Waals surface area contributed by atoms with Gasteiger partial charge < -0.3 is 5.32 Å². The van der Waals surface area contributed by atoms with E-state index in [0.29, 0.717) is 6.54 Å². The van der Waals surface area contributed by atoms with Crippen molar-refractivity contribution in [1.82, 2.24) is 15.1 Å². The van der Waals surface area contributed by atoms with Crippen LogP contribution in [0, 0.1) is 6.92 Å². The van der Waals surface area contributed by atoms with E-state index < -0.39 is 0 Å². The number of aryl methyl sites for hydroxylation is 1. The second-order valence-electron chi connectivity index (χ2n) is 7.92. The van der Waals surface area contributed by atoms with Crippen molar-refractivity contribution in [3.05, 3.63) is 87.7 Å². The predicted octanol–water partition coefficient (Wildman–Crippen LogP) is 5.19. The lowest BCUT2D eigenvalue weighted by Gasteiger charge is -2.26. The molecule has 0 fully saturated rings. The molecule has 4 rings (SSSR count). The van der Waals surface area contributed by atoms with Crippen LogP contribution in [0.1, 0.15) is 59.7 Å². The summed E-state index contributed by atoms with van der Waals surface area (Å²) in [4.78, 5) is 12.9. The molecule has 0 spiro atoms. The van der Waals surface area contributed by atoms with Crippen LogP contribution >= 0.6 is 11.6 Å². The number of hydrogen-bond acceptors (Lipinski definition) is 2. The first kappa shape index (κ1) is 19.7. The molecule has 2 aromatic carbocycles. The Morgan fingerprint density at radius 3 is 2.83 bits per heavy atom. The molecule has 1 aliphatic carbocycles. The summed E-state index contributed by atoms with van der Waals surface area (Å²) < 4.78 is 2.04. The minimum Gasteiger partial charge on any atom is -0.349 e. The molecule has 2 atom stereocenters. The monoisotopic (exact) mass is 407 g/mol. The molecule has 1 N–H and O–H groups in total. The Morgan fingerprint density at radius 2 is 2.07 bits per heavy atom. The Balaban J connectivity index is 1.49. The molecule has 0 bridgehead atoms.